The van der Waals surface area contributed by atoms with Crippen LogP contribution in [0.15, 0.2) is 36.4 Å². The smallest absolute Gasteiger partial charge is 0.318 e. The molecule has 0 aromatic heterocycles. The number of amides is 2. The average molecular weight is 512 g/mol. The molecule has 2 amide bonds. The molecule has 1 heterocycles. The standard InChI is InChI=1S/C24H25F4N3O3S/c1-35(33,34)30-22-18-11-19(18)31(23(32)29-12-24(28)5-6-24)20(22)9-13-3-2-4-17(21(13)27)14-7-15(25)10-16(26)8-14/h2-4,7-8,10,18-20,22,30H,5-6,9,11-12H2,1H3,(H,29,32)/t18-,19+,20+,22+/m1/s1. The largest absolute Gasteiger partial charge is 0.335 e. The number of piperidine rings is 1. The molecule has 2 aromatic rings. The quantitative estimate of drug-likeness (QED) is 0.559. The van der Waals surface area contributed by atoms with Gasteiger partial charge in [-0.2, -0.15) is 0 Å². The Morgan fingerprint density at radius 3 is 2.46 bits per heavy atom. The molecule has 11 heteroatoms. The molecule has 2 saturated carbocycles. The van der Waals surface area contributed by atoms with Gasteiger partial charge >= 0.3 is 6.03 Å². The highest BCUT2D eigenvalue weighted by Gasteiger charge is 2.61. The third-order valence-corrected chi connectivity index (χ3v) is 7.71. The number of hydrogen-bond acceptors (Lipinski definition) is 3. The van der Waals surface area contributed by atoms with Crippen molar-refractivity contribution in [1.29, 1.82) is 0 Å². The van der Waals surface area contributed by atoms with Crippen LogP contribution in [0.4, 0.5) is 22.4 Å². The fraction of sp³-hybridized carbons (Fsp3) is 0.458. The van der Waals surface area contributed by atoms with Gasteiger partial charge in [0.2, 0.25) is 10.0 Å². The van der Waals surface area contributed by atoms with Crippen LogP contribution in [0.1, 0.15) is 24.8 Å². The van der Waals surface area contributed by atoms with Crippen molar-refractivity contribution in [3.63, 3.8) is 0 Å². The molecule has 2 N–H and O–H groups in total. The molecule has 0 unspecified atom stereocenters. The lowest BCUT2D eigenvalue weighted by Gasteiger charge is -2.32. The number of carbonyl (C=O) groups excluding carboxylic acids is 1. The number of sulfonamides is 1. The number of carbonyl (C=O) groups is 1. The minimum absolute atomic E-state index is 0.0132. The van der Waals surface area contributed by atoms with Crippen LogP contribution >= 0.6 is 0 Å². The zero-order valence-electron chi connectivity index (χ0n) is 18.9. The number of nitrogens with one attached hydrogen (secondary N) is 2. The molecule has 5 rings (SSSR count). The van der Waals surface area contributed by atoms with Crippen LogP contribution in [0, 0.1) is 23.4 Å². The molecule has 0 bridgehead atoms. The zero-order valence-corrected chi connectivity index (χ0v) is 19.7. The maximum Gasteiger partial charge on any atom is 0.318 e. The first-order valence-corrected chi connectivity index (χ1v) is 13.3. The number of hydrogen-bond donors (Lipinski definition) is 2. The second-order valence-corrected chi connectivity index (χ2v) is 11.6. The Balaban J connectivity index is 1.45. The molecule has 188 valence electrons. The number of benzene rings is 2. The first kappa shape index (κ1) is 24.1. The molecule has 6 nitrogen and oxygen atoms in total. The SMILES string of the molecule is CS(=O)(=O)N[C@H]1[C@@H]2C[C@@H]2N(C(=O)NCC2(F)CC2)[C@H]1Cc1cccc(-c2cc(F)cc(F)c2)c1F. The number of halogens is 4. The molecule has 1 saturated heterocycles. The summed E-state index contributed by atoms with van der Waals surface area (Å²) in [6.45, 7) is -0.133. The Labute approximate surface area is 200 Å². The summed E-state index contributed by atoms with van der Waals surface area (Å²) in [6.07, 6.45) is 2.32. The van der Waals surface area contributed by atoms with Gasteiger partial charge in [0.15, 0.2) is 0 Å². The maximum atomic E-state index is 15.5. The molecule has 2 aromatic carbocycles. The topological polar surface area (TPSA) is 78.5 Å². The third kappa shape index (κ3) is 5.02. The van der Waals surface area contributed by atoms with Gasteiger partial charge in [-0.1, -0.05) is 18.2 Å². The van der Waals surface area contributed by atoms with E-state index in [0.717, 1.165) is 18.4 Å². The second kappa shape index (κ2) is 8.48. The lowest BCUT2D eigenvalue weighted by molar-refractivity contribution is 0.170. The van der Waals surface area contributed by atoms with Gasteiger partial charge in [-0.3, -0.25) is 0 Å². The Bertz CT molecular complexity index is 1260. The summed E-state index contributed by atoms with van der Waals surface area (Å²) >= 11 is 0. The number of likely N-dealkylation sites (tertiary alicyclic amines) is 1. The van der Waals surface area contributed by atoms with Crippen LogP contribution < -0.4 is 10.0 Å². The van der Waals surface area contributed by atoms with Crippen molar-refractivity contribution in [1.82, 2.24) is 14.9 Å². The third-order valence-electron chi connectivity index (χ3n) is 7.01. The van der Waals surface area contributed by atoms with E-state index in [-0.39, 0.29) is 41.6 Å². The van der Waals surface area contributed by atoms with E-state index in [1.165, 1.54) is 23.1 Å². The van der Waals surface area contributed by atoms with Crippen LogP contribution in [0.3, 0.4) is 0 Å². The summed E-state index contributed by atoms with van der Waals surface area (Å²) < 4.78 is 83.7. The van der Waals surface area contributed by atoms with Crippen LogP contribution in [-0.2, 0) is 16.4 Å². The normalized spacial score (nSPS) is 26.4. The molecule has 3 aliphatic rings. The van der Waals surface area contributed by atoms with Crippen LogP contribution in [-0.4, -0.2) is 55.9 Å². The van der Waals surface area contributed by atoms with Gasteiger partial charge in [0.05, 0.1) is 18.8 Å². The van der Waals surface area contributed by atoms with Gasteiger partial charge in [0.25, 0.3) is 0 Å². The highest BCUT2D eigenvalue weighted by atomic mass is 32.2. The van der Waals surface area contributed by atoms with E-state index >= 15 is 4.39 Å². The van der Waals surface area contributed by atoms with Gasteiger partial charge in [0, 0.05) is 23.7 Å². The van der Waals surface area contributed by atoms with E-state index in [9.17, 15) is 26.4 Å². The van der Waals surface area contributed by atoms with E-state index in [1.54, 1.807) is 0 Å². The molecular formula is C24H25F4N3O3S. The highest BCUT2D eigenvalue weighted by Crippen LogP contribution is 2.49. The van der Waals surface area contributed by atoms with Gasteiger partial charge in [-0.25, -0.2) is 35.5 Å². The first-order valence-electron chi connectivity index (χ1n) is 11.4. The van der Waals surface area contributed by atoms with Crippen LogP contribution in [0.2, 0.25) is 0 Å². The fourth-order valence-corrected chi connectivity index (χ4v) is 5.91. The molecule has 35 heavy (non-hydrogen) atoms. The minimum atomic E-state index is -3.63. The summed E-state index contributed by atoms with van der Waals surface area (Å²) in [5.41, 5.74) is -1.23. The summed E-state index contributed by atoms with van der Waals surface area (Å²) in [6, 6.07) is 5.04. The number of urea groups is 1. The predicted octanol–water partition coefficient (Wildman–Crippen LogP) is 3.52. The lowest BCUT2D eigenvalue weighted by atomic mass is 9.94. The van der Waals surface area contributed by atoms with Crippen molar-refractivity contribution in [3.05, 3.63) is 59.4 Å². The van der Waals surface area contributed by atoms with E-state index in [2.05, 4.69) is 10.0 Å². The first-order chi connectivity index (χ1) is 16.4. The Kier molecular flexibility index (Phi) is 5.83. The van der Waals surface area contributed by atoms with Gasteiger partial charge in [-0.15, -0.1) is 0 Å². The van der Waals surface area contributed by atoms with Crippen molar-refractivity contribution in [2.45, 2.75) is 49.5 Å². The lowest BCUT2D eigenvalue weighted by Crippen LogP contribution is -2.54. The number of alkyl halides is 1. The van der Waals surface area contributed by atoms with E-state index in [0.29, 0.717) is 25.3 Å². The van der Waals surface area contributed by atoms with E-state index < -0.39 is 51.3 Å². The van der Waals surface area contributed by atoms with E-state index in [4.69, 9.17) is 0 Å². The molecular weight excluding hydrogens is 486 g/mol. The van der Waals surface area contributed by atoms with Crippen molar-refractivity contribution < 1.29 is 30.8 Å². The van der Waals surface area contributed by atoms with Crippen molar-refractivity contribution in [3.8, 4) is 11.1 Å². The van der Waals surface area contributed by atoms with Crippen LogP contribution in [0.25, 0.3) is 11.1 Å². The van der Waals surface area contributed by atoms with Gasteiger partial charge in [-0.05, 0) is 54.9 Å². The summed E-state index contributed by atoms with van der Waals surface area (Å²) in [5, 5.41) is 2.61. The number of fused-ring (bicyclic) bond motifs is 1. The highest BCUT2D eigenvalue weighted by molar-refractivity contribution is 7.88. The van der Waals surface area contributed by atoms with Gasteiger partial charge in [0.1, 0.15) is 23.1 Å². The predicted molar refractivity (Wildman–Crippen MR) is 121 cm³/mol. The monoisotopic (exact) mass is 511 g/mol. The molecule has 4 atom stereocenters. The number of nitrogens with zero attached hydrogens (tertiary/aromatic N) is 1. The van der Waals surface area contributed by atoms with Crippen molar-refractivity contribution in [2.75, 3.05) is 12.8 Å². The van der Waals surface area contributed by atoms with Crippen molar-refractivity contribution in [2.24, 2.45) is 5.92 Å². The van der Waals surface area contributed by atoms with Gasteiger partial charge < -0.3 is 10.2 Å². The van der Waals surface area contributed by atoms with E-state index in [1.807, 2.05) is 0 Å². The Hall–Kier alpha value is -2.66. The fourth-order valence-electron chi connectivity index (χ4n) is 5.08. The number of rotatable bonds is 7. The molecule has 1 aliphatic heterocycles. The molecule has 2 aliphatic carbocycles. The Morgan fingerprint density at radius 1 is 1.14 bits per heavy atom. The molecule has 3 fully saturated rings. The zero-order chi connectivity index (χ0) is 25.1. The Morgan fingerprint density at radius 2 is 1.83 bits per heavy atom. The average Bonchev–Trinajstić information content (AvgIpc) is 3.67. The van der Waals surface area contributed by atoms with Crippen molar-refractivity contribution >= 4 is 16.1 Å². The summed E-state index contributed by atoms with van der Waals surface area (Å²) in [5.74, 6) is -2.54. The summed E-state index contributed by atoms with van der Waals surface area (Å²) in [4.78, 5) is 14.5. The summed E-state index contributed by atoms with van der Waals surface area (Å²) in [7, 11) is -3.63. The van der Waals surface area contributed by atoms with Crippen LogP contribution in [0.5, 0.6) is 0 Å². The minimum Gasteiger partial charge on any atom is -0.335 e. The molecule has 0 spiro atoms. The maximum absolute atomic E-state index is 15.5. The second-order valence-electron chi connectivity index (χ2n) is 9.81. The molecule has 0 radical (unpaired) electrons.